The van der Waals surface area contributed by atoms with Crippen LogP contribution in [-0.4, -0.2) is 53.0 Å². The number of carboxylic acid groups (broad SMARTS) is 3. The summed E-state index contributed by atoms with van der Waals surface area (Å²) in [6.45, 7) is -2.67. The van der Waals surface area contributed by atoms with Crippen molar-refractivity contribution in [2.24, 2.45) is 0 Å². The third-order valence-electron chi connectivity index (χ3n) is 0.387. The van der Waals surface area contributed by atoms with E-state index in [4.69, 9.17) is 45.0 Å². The number of aliphatic hydroxyl groups is 3. The summed E-state index contributed by atoms with van der Waals surface area (Å²) in [7, 11) is 0. The number of rotatable bonds is 3. The maximum Gasteiger partial charge on any atom is 3.00 e. The van der Waals surface area contributed by atoms with Gasteiger partial charge >= 0.3 is 35.6 Å². The zero-order valence-electron chi connectivity index (χ0n) is 7.99. The predicted octanol–water partition coefficient (Wildman–Crippen LogP) is -6.81. The Labute approximate surface area is 118 Å². The maximum absolute atomic E-state index is 9.01. The van der Waals surface area contributed by atoms with Crippen molar-refractivity contribution in [2.45, 2.75) is 0 Å². The molecule has 0 atom stereocenters. The summed E-state index contributed by atoms with van der Waals surface area (Å²) in [4.78, 5) is 27.0. The maximum atomic E-state index is 9.01. The Morgan fingerprint density at radius 1 is 0.688 bits per heavy atom. The molecule has 0 radical (unpaired) electrons. The number of hydrogen-bond donors (Lipinski definition) is 3. The second kappa shape index (κ2) is 20.0. The first kappa shape index (κ1) is 24.6. The first-order chi connectivity index (χ1) is 6.81. The molecule has 0 saturated heterocycles. The van der Waals surface area contributed by atoms with E-state index in [1.165, 1.54) is 0 Å². The molecule has 0 aromatic heterocycles. The molecule has 0 unspecified atom stereocenters. The molecule has 3 N–H and O–H groups in total. The molecule has 0 amide bonds. The molecule has 10 heteroatoms. The van der Waals surface area contributed by atoms with Gasteiger partial charge in [0.05, 0.1) is 37.7 Å². The van der Waals surface area contributed by atoms with Gasteiger partial charge in [0.1, 0.15) is 0 Å². The van der Waals surface area contributed by atoms with Gasteiger partial charge in [0.2, 0.25) is 0 Å². The van der Waals surface area contributed by atoms with Gasteiger partial charge in [-0.1, -0.05) is 0 Å². The van der Waals surface area contributed by atoms with Crippen LogP contribution in [0.1, 0.15) is 0 Å². The molecule has 0 fully saturated rings. The van der Waals surface area contributed by atoms with Crippen molar-refractivity contribution in [3.8, 4) is 0 Å². The van der Waals surface area contributed by atoms with Crippen LogP contribution >= 0.6 is 0 Å². The summed E-state index contributed by atoms with van der Waals surface area (Å²) >= 11 is 0. The molecule has 0 aliphatic rings. The predicted molar refractivity (Wildman–Crippen MR) is 36.3 cm³/mol. The fourth-order valence-electron chi connectivity index (χ4n) is 0. The van der Waals surface area contributed by atoms with E-state index in [-0.39, 0.29) is 35.6 Å². The van der Waals surface area contributed by atoms with E-state index in [0.717, 1.165) is 0 Å². The number of carbonyl (C=O) groups excluding carboxylic acids is 3. The van der Waals surface area contributed by atoms with Crippen LogP contribution < -0.4 is 15.3 Å². The van der Waals surface area contributed by atoms with Crippen LogP contribution in [0.5, 0.6) is 0 Å². The second-order valence-corrected chi connectivity index (χ2v) is 1.59. The average molecular weight is 364 g/mol. The molecule has 0 aliphatic heterocycles. The minimum atomic E-state index is -1.44. The topological polar surface area (TPSA) is 181 Å². The van der Waals surface area contributed by atoms with E-state index in [1.54, 1.807) is 0 Å². The largest absolute Gasteiger partial charge is 3.00 e. The molecule has 16 heavy (non-hydrogen) atoms. The van der Waals surface area contributed by atoms with Crippen molar-refractivity contribution in [3.63, 3.8) is 0 Å². The van der Waals surface area contributed by atoms with Crippen molar-refractivity contribution in [2.75, 3.05) is 19.8 Å². The number of carboxylic acids is 3. The van der Waals surface area contributed by atoms with Crippen LogP contribution in [0.2, 0.25) is 0 Å². The summed E-state index contributed by atoms with van der Waals surface area (Å²) in [6, 6.07) is 0. The van der Waals surface area contributed by atoms with E-state index in [9.17, 15) is 0 Å². The Bertz CT molecular complexity index is 159. The van der Waals surface area contributed by atoms with Gasteiger partial charge in [0.25, 0.3) is 0 Å². The molecule has 0 aliphatic carbocycles. The number of carbonyl (C=O) groups is 3. The normalized spacial score (nSPS) is 6.94. The molecule has 0 spiro atoms. The van der Waals surface area contributed by atoms with Gasteiger partial charge in [-0.2, -0.15) is 0 Å². The van der Waals surface area contributed by atoms with Gasteiger partial charge in [-0.3, -0.25) is 0 Å². The Kier molecular flexibility index (Phi) is 30.7. The molecule has 90 valence electrons. The first-order valence-corrected chi connectivity index (χ1v) is 3.23. The first-order valence-electron chi connectivity index (χ1n) is 3.23. The molecule has 0 bridgehead atoms. The van der Waals surface area contributed by atoms with Crippen LogP contribution in [-0.2, 0) is 14.4 Å². The molecule has 0 aromatic rings. The molecular formula is C6H9LaO9. The minimum absolute atomic E-state index is 0. The monoisotopic (exact) mass is 364 g/mol. The molecule has 0 rings (SSSR count). The summed E-state index contributed by atoms with van der Waals surface area (Å²) < 4.78 is 0. The zero-order chi connectivity index (χ0) is 12.9. The third kappa shape index (κ3) is 69.9. The molecular weight excluding hydrogens is 355 g/mol. The van der Waals surface area contributed by atoms with Crippen LogP contribution in [0, 0.1) is 35.6 Å². The SMILES string of the molecule is O=C([O-])CO.O=C([O-])CO.O=C([O-])CO.[La+3]. The number of aliphatic carboxylic acids is 3. The van der Waals surface area contributed by atoms with Crippen molar-refractivity contribution in [1.82, 2.24) is 0 Å². The van der Waals surface area contributed by atoms with E-state index < -0.39 is 37.7 Å². The summed E-state index contributed by atoms with van der Waals surface area (Å²) in [5.74, 6) is -4.32. The van der Waals surface area contributed by atoms with Crippen LogP contribution in [0.25, 0.3) is 0 Å². The number of aliphatic hydroxyl groups excluding tert-OH is 3. The van der Waals surface area contributed by atoms with Crippen molar-refractivity contribution in [3.05, 3.63) is 0 Å². The van der Waals surface area contributed by atoms with E-state index in [1.807, 2.05) is 0 Å². The van der Waals surface area contributed by atoms with E-state index in [0.29, 0.717) is 0 Å². The van der Waals surface area contributed by atoms with Crippen molar-refractivity contribution in [1.29, 1.82) is 0 Å². The number of hydrogen-bond acceptors (Lipinski definition) is 9. The third-order valence-corrected chi connectivity index (χ3v) is 0.387. The average Bonchev–Trinajstić information content (AvgIpc) is 2.19. The fraction of sp³-hybridized carbons (Fsp3) is 0.500. The summed E-state index contributed by atoms with van der Waals surface area (Å²) in [5.41, 5.74) is 0. The van der Waals surface area contributed by atoms with Gasteiger partial charge < -0.3 is 45.0 Å². The quantitative estimate of drug-likeness (QED) is 0.438. The second-order valence-electron chi connectivity index (χ2n) is 1.59. The standard InChI is InChI=1S/3C2H4O3.La/c3*3-1-2(4)5;/h3*3H,1H2,(H,4,5);/q;;;+3/p-3. The van der Waals surface area contributed by atoms with Crippen LogP contribution in [0.4, 0.5) is 0 Å². The van der Waals surface area contributed by atoms with Gasteiger partial charge in [0, 0.05) is 0 Å². The molecule has 9 nitrogen and oxygen atoms in total. The fourth-order valence-corrected chi connectivity index (χ4v) is 0. The minimum Gasteiger partial charge on any atom is -0.548 e. The summed E-state index contributed by atoms with van der Waals surface area (Å²) in [6.07, 6.45) is 0. The van der Waals surface area contributed by atoms with Gasteiger partial charge in [-0.15, -0.1) is 0 Å². The Balaban J connectivity index is -0.0000000655. The Hall–Kier alpha value is -0.515. The molecule has 0 saturated carbocycles. The van der Waals surface area contributed by atoms with Gasteiger partial charge in [-0.05, 0) is 0 Å². The van der Waals surface area contributed by atoms with E-state index in [2.05, 4.69) is 0 Å². The van der Waals surface area contributed by atoms with E-state index >= 15 is 0 Å². The Morgan fingerprint density at radius 3 is 0.750 bits per heavy atom. The Morgan fingerprint density at radius 2 is 0.750 bits per heavy atom. The van der Waals surface area contributed by atoms with Crippen LogP contribution in [0.15, 0.2) is 0 Å². The van der Waals surface area contributed by atoms with Gasteiger partial charge in [-0.25, -0.2) is 0 Å². The molecule has 0 heterocycles. The van der Waals surface area contributed by atoms with Crippen LogP contribution in [0.3, 0.4) is 0 Å². The zero-order valence-corrected chi connectivity index (χ0v) is 11.6. The molecule has 0 aromatic carbocycles. The smallest absolute Gasteiger partial charge is 0.548 e. The van der Waals surface area contributed by atoms with Gasteiger partial charge in [0.15, 0.2) is 0 Å². The summed E-state index contributed by atoms with van der Waals surface area (Å²) in [5, 5.41) is 49.5. The van der Waals surface area contributed by atoms with Crippen molar-refractivity contribution >= 4 is 17.9 Å². The van der Waals surface area contributed by atoms with Crippen molar-refractivity contribution < 1.29 is 80.6 Å².